The molecule has 38 heavy (non-hydrogen) atoms. The number of para-hydroxylation sites is 1. The zero-order valence-corrected chi connectivity index (χ0v) is 19.9. The van der Waals surface area contributed by atoms with Gasteiger partial charge in [0, 0.05) is 29.5 Å². The molecule has 0 saturated heterocycles. The Balaban J connectivity index is 1.61. The molecule has 6 aromatic rings. The zero-order chi connectivity index (χ0) is 26.1. The van der Waals surface area contributed by atoms with Crippen molar-refractivity contribution < 1.29 is 8.78 Å². The number of aromatic amines is 1. The molecular weight excluding hydrogens is 486 g/mol. The number of nitrogens with zero attached hydrogens (tertiary/aromatic N) is 5. The largest absolute Gasteiger partial charge is 0.284 e. The number of aromatic nitrogens is 5. The summed E-state index contributed by atoms with van der Waals surface area (Å²) in [5.41, 5.74) is 2.83. The van der Waals surface area contributed by atoms with E-state index in [9.17, 15) is 13.6 Å². The van der Waals surface area contributed by atoms with Gasteiger partial charge >= 0.3 is 0 Å². The lowest BCUT2D eigenvalue weighted by Gasteiger charge is -2.24. The molecule has 3 aromatic carbocycles. The summed E-state index contributed by atoms with van der Waals surface area (Å²) < 4.78 is 29.2. The van der Waals surface area contributed by atoms with Gasteiger partial charge in [0.1, 0.15) is 17.3 Å². The van der Waals surface area contributed by atoms with Gasteiger partial charge in [0.15, 0.2) is 0 Å². The first-order valence-corrected chi connectivity index (χ1v) is 11.8. The number of pyridine rings is 1. The van der Waals surface area contributed by atoms with Crippen LogP contribution in [-0.2, 0) is 0 Å². The van der Waals surface area contributed by atoms with E-state index < -0.39 is 17.7 Å². The molecule has 0 aliphatic rings. The molecule has 3 heterocycles. The Morgan fingerprint density at radius 2 is 1.42 bits per heavy atom. The first-order chi connectivity index (χ1) is 18.6. The molecule has 0 fully saturated rings. The van der Waals surface area contributed by atoms with Gasteiger partial charge in [0.25, 0.3) is 5.56 Å². The summed E-state index contributed by atoms with van der Waals surface area (Å²) in [5, 5.41) is 7.51. The number of rotatable bonds is 6. The van der Waals surface area contributed by atoms with Crippen LogP contribution in [0.3, 0.4) is 0 Å². The summed E-state index contributed by atoms with van der Waals surface area (Å²) in [6.45, 7) is 0. The number of hydrogen-bond donors (Lipinski definition) is 1. The van der Waals surface area contributed by atoms with Crippen molar-refractivity contribution in [2.24, 2.45) is 0 Å². The van der Waals surface area contributed by atoms with E-state index in [1.165, 1.54) is 34.9 Å². The van der Waals surface area contributed by atoms with E-state index in [1.807, 2.05) is 35.2 Å². The molecule has 9 heteroatoms. The van der Waals surface area contributed by atoms with Crippen LogP contribution in [0.1, 0.15) is 17.2 Å². The molecule has 0 saturated carbocycles. The number of halogens is 2. The van der Waals surface area contributed by atoms with Crippen LogP contribution in [0.2, 0.25) is 0 Å². The van der Waals surface area contributed by atoms with Gasteiger partial charge in [-0.25, -0.2) is 13.8 Å². The summed E-state index contributed by atoms with van der Waals surface area (Å²) in [6, 6.07) is 23.7. The quantitative estimate of drug-likeness (QED) is 0.304. The maximum atomic E-state index is 13.8. The first-order valence-electron chi connectivity index (χ1n) is 11.8. The van der Waals surface area contributed by atoms with E-state index in [1.54, 1.807) is 48.9 Å². The van der Waals surface area contributed by atoms with E-state index in [2.05, 4.69) is 15.2 Å². The number of benzene rings is 3. The summed E-state index contributed by atoms with van der Waals surface area (Å²) in [7, 11) is 0. The average Bonchev–Trinajstić information content (AvgIpc) is 3.47. The molecule has 0 spiro atoms. The van der Waals surface area contributed by atoms with Crippen molar-refractivity contribution in [1.29, 1.82) is 0 Å². The number of anilines is 3. The van der Waals surface area contributed by atoms with Crippen molar-refractivity contribution in [3.8, 4) is 0 Å². The third-order valence-corrected chi connectivity index (χ3v) is 6.24. The molecule has 0 amide bonds. The molecule has 3 aromatic heterocycles. The lowest BCUT2D eigenvalue weighted by molar-refractivity contribution is 0.617. The minimum absolute atomic E-state index is 0.321. The van der Waals surface area contributed by atoms with Crippen molar-refractivity contribution in [1.82, 2.24) is 24.7 Å². The van der Waals surface area contributed by atoms with Gasteiger partial charge in [-0.05, 0) is 53.6 Å². The third kappa shape index (κ3) is 4.30. The van der Waals surface area contributed by atoms with Crippen molar-refractivity contribution in [2.75, 3.05) is 4.90 Å². The van der Waals surface area contributed by atoms with Gasteiger partial charge in [-0.1, -0.05) is 42.5 Å². The van der Waals surface area contributed by atoms with Gasteiger partial charge in [-0.2, -0.15) is 10.1 Å². The van der Waals surface area contributed by atoms with Gasteiger partial charge in [0.2, 0.25) is 5.95 Å². The molecule has 6 rings (SSSR count). The highest BCUT2D eigenvalue weighted by atomic mass is 19.1. The predicted molar refractivity (Wildman–Crippen MR) is 141 cm³/mol. The van der Waals surface area contributed by atoms with Crippen molar-refractivity contribution in [2.45, 2.75) is 6.04 Å². The van der Waals surface area contributed by atoms with E-state index in [4.69, 9.17) is 4.98 Å². The number of H-pyrrole nitrogens is 1. The molecule has 0 radical (unpaired) electrons. The number of nitrogens with one attached hydrogen (secondary N) is 1. The normalized spacial score (nSPS) is 11.2. The molecule has 0 aliphatic heterocycles. The van der Waals surface area contributed by atoms with E-state index in [-0.39, 0.29) is 5.56 Å². The molecule has 0 aliphatic carbocycles. The molecule has 0 bridgehead atoms. The topological polar surface area (TPSA) is 79.7 Å². The Hall–Kier alpha value is -5.18. The van der Waals surface area contributed by atoms with Crippen LogP contribution in [0.5, 0.6) is 0 Å². The minimum atomic E-state index is -0.700. The summed E-state index contributed by atoms with van der Waals surface area (Å²) in [4.78, 5) is 24.7. The second kappa shape index (κ2) is 9.70. The zero-order valence-electron chi connectivity index (χ0n) is 19.9. The number of fused-ring (bicyclic) bond motifs is 1. The first kappa shape index (κ1) is 23.2. The monoisotopic (exact) mass is 506 g/mol. The number of hydrogen-bond acceptors (Lipinski definition) is 5. The molecule has 7 nitrogen and oxygen atoms in total. The van der Waals surface area contributed by atoms with Crippen molar-refractivity contribution in [3.05, 3.63) is 143 Å². The smallest absolute Gasteiger partial charge is 0.253 e. The van der Waals surface area contributed by atoms with Crippen LogP contribution >= 0.6 is 0 Å². The summed E-state index contributed by atoms with van der Waals surface area (Å²) in [5.74, 6) is -0.485. The van der Waals surface area contributed by atoms with Gasteiger partial charge < -0.3 is 0 Å². The Bertz CT molecular complexity index is 1710. The second-order valence-corrected chi connectivity index (χ2v) is 8.62. The average molecular weight is 507 g/mol. The molecule has 0 atom stereocenters. The molecule has 1 N–H and O–H groups in total. The fourth-order valence-electron chi connectivity index (χ4n) is 4.49. The predicted octanol–water partition coefficient (Wildman–Crippen LogP) is 5.90. The van der Waals surface area contributed by atoms with Crippen LogP contribution in [0, 0.1) is 11.6 Å². The third-order valence-electron chi connectivity index (χ3n) is 6.24. The van der Waals surface area contributed by atoms with Crippen LogP contribution in [0.25, 0.3) is 11.0 Å². The highest BCUT2D eigenvalue weighted by molar-refractivity contribution is 5.79. The van der Waals surface area contributed by atoms with E-state index in [0.717, 1.165) is 5.69 Å². The SMILES string of the molecule is O=c1ccc2cnc(N(c3ccccc3)c3cn[nH]c3)nc2n1C(c1ccc(F)cc1)c1ccc(F)cc1. The van der Waals surface area contributed by atoms with Crippen molar-refractivity contribution in [3.63, 3.8) is 0 Å². The lowest BCUT2D eigenvalue weighted by atomic mass is 9.98. The lowest BCUT2D eigenvalue weighted by Crippen LogP contribution is -2.27. The Morgan fingerprint density at radius 3 is 2.03 bits per heavy atom. The summed E-state index contributed by atoms with van der Waals surface area (Å²) >= 11 is 0. The van der Waals surface area contributed by atoms with E-state index in [0.29, 0.717) is 33.8 Å². The second-order valence-electron chi connectivity index (χ2n) is 8.62. The van der Waals surface area contributed by atoms with Crippen LogP contribution in [0.15, 0.2) is 114 Å². The van der Waals surface area contributed by atoms with E-state index >= 15 is 0 Å². The van der Waals surface area contributed by atoms with Gasteiger partial charge in [0.05, 0.1) is 17.9 Å². The Kier molecular flexibility index (Phi) is 5.93. The maximum absolute atomic E-state index is 13.8. The molecular formula is C29H20F2N6O. The molecule has 186 valence electrons. The van der Waals surface area contributed by atoms with Crippen LogP contribution < -0.4 is 10.5 Å². The molecule has 0 unspecified atom stereocenters. The fraction of sp³-hybridized carbons (Fsp3) is 0.0345. The van der Waals surface area contributed by atoms with Gasteiger partial charge in [-0.3, -0.25) is 19.4 Å². The van der Waals surface area contributed by atoms with Gasteiger partial charge in [-0.15, -0.1) is 0 Å². The Morgan fingerprint density at radius 1 is 0.763 bits per heavy atom. The maximum Gasteiger partial charge on any atom is 0.253 e. The standard InChI is InChI=1S/C29H20F2N6O/c30-22-11-6-19(7-12-22)27(20-8-13-23(31)14-9-20)37-26(38)15-10-21-16-32-29(35-28(21)37)36(25-17-33-34-18-25)24-4-2-1-3-5-24/h1-18,27H,(H,33,34). The van der Waals surface area contributed by atoms with Crippen molar-refractivity contribution >= 4 is 28.4 Å². The highest BCUT2D eigenvalue weighted by Crippen LogP contribution is 2.33. The van der Waals surface area contributed by atoms with Crippen LogP contribution in [0.4, 0.5) is 26.1 Å². The fourth-order valence-corrected chi connectivity index (χ4v) is 4.49. The Labute approximate surface area is 215 Å². The highest BCUT2D eigenvalue weighted by Gasteiger charge is 2.23. The summed E-state index contributed by atoms with van der Waals surface area (Å²) in [6.07, 6.45) is 5.02. The minimum Gasteiger partial charge on any atom is -0.284 e. The van der Waals surface area contributed by atoms with Crippen LogP contribution in [-0.4, -0.2) is 24.7 Å².